The first-order valence-electron chi connectivity index (χ1n) is 14.6. The molecule has 0 fully saturated rings. The molecule has 3 rings (SSSR count). The maximum absolute atomic E-state index is 18.0. The number of nitrogens with zero attached hydrogens (tertiary/aromatic N) is 1. The summed E-state index contributed by atoms with van der Waals surface area (Å²) in [5.41, 5.74) is 5.13. The predicted octanol–water partition coefficient (Wildman–Crippen LogP) is 10.7. The van der Waals surface area contributed by atoms with Crippen molar-refractivity contribution in [1.29, 1.82) is 0 Å². The van der Waals surface area contributed by atoms with Crippen LogP contribution in [0.1, 0.15) is 101 Å². The van der Waals surface area contributed by atoms with Crippen LogP contribution < -0.4 is 4.71 Å². The Balaban J connectivity index is 0.00000507. The van der Waals surface area contributed by atoms with E-state index in [1.165, 1.54) is 11.1 Å². The summed E-state index contributed by atoms with van der Waals surface area (Å²) < 4.78 is 34.0. The predicted molar refractivity (Wildman–Crippen MR) is 162 cm³/mol. The van der Waals surface area contributed by atoms with Crippen LogP contribution >= 0.6 is 0 Å². The molecule has 0 aliphatic carbocycles. The average molecular weight is 625 g/mol. The van der Waals surface area contributed by atoms with Crippen LogP contribution in [-0.4, -0.2) is 23.9 Å². The van der Waals surface area contributed by atoms with Crippen LogP contribution in [0.15, 0.2) is 60.7 Å². The zero-order valence-corrected chi connectivity index (χ0v) is 26.8. The van der Waals surface area contributed by atoms with Gasteiger partial charge in [0, 0.05) is 58.2 Å². The van der Waals surface area contributed by atoms with Crippen molar-refractivity contribution in [3.63, 3.8) is 0 Å². The number of unbranched alkanes of at least 4 members (excludes halogenated alkanes) is 4. The Kier molecular flexibility index (Phi) is 14.0. The maximum Gasteiger partial charge on any atom is 0.221 e. The van der Waals surface area contributed by atoms with Crippen molar-refractivity contribution in [3.05, 3.63) is 88.7 Å². The van der Waals surface area contributed by atoms with Gasteiger partial charge in [0.25, 0.3) is 0 Å². The van der Waals surface area contributed by atoms with Gasteiger partial charge in [0.2, 0.25) is 5.69 Å². The molecular weight excluding hydrogens is 579 g/mol. The van der Waals surface area contributed by atoms with Crippen LogP contribution in [0.25, 0.3) is 0 Å². The van der Waals surface area contributed by atoms with E-state index >= 15 is 8.87 Å². The van der Waals surface area contributed by atoms with Crippen LogP contribution in [0.5, 0.6) is 0 Å². The van der Waals surface area contributed by atoms with E-state index in [1.807, 2.05) is 36.4 Å². The second-order valence-corrected chi connectivity index (χ2v) is 10.3. The van der Waals surface area contributed by atoms with Crippen molar-refractivity contribution in [2.75, 3.05) is 0 Å². The quantitative estimate of drug-likeness (QED) is 0.116. The second kappa shape index (κ2) is 16.4. The number of para-hydroxylation sites is 2. The van der Waals surface area contributed by atoms with Crippen molar-refractivity contribution in [1.82, 2.24) is 4.71 Å². The third kappa shape index (κ3) is 7.27. The van der Waals surface area contributed by atoms with Gasteiger partial charge in [0.15, 0.2) is 17.2 Å². The molecule has 0 N–H and O–H groups in total. The fraction of sp³-hybridized carbons (Fsp3) is 0.471. The number of rotatable bonds is 15. The van der Waals surface area contributed by atoms with Crippen LogP contribution in [0.3, 0.4) is 0 Å². The van der Waals surface area contributed by atoms with Crippen molar-refractivity contribution in [2.24, 2.45) is 0 Å². The molecular formula is C34H46F2NSn+. The number of hydrogen-bond donors (Lipinski definition) is 0. The number of hydrogen-bond acceptors (Lipinski definition) is 0. The Morgan fingerprint density at radius 3 is 1.26 bits per heavy atom. The third-order valence-electron chi connectivity index (χ3n) is 7.50. The molecule has 0 spiro atoms. The van der Waals surface area contributed by atoms with E-state index in [4.69, 9.17) is 0 Å². The van der Waals surface area contributed by atoms with Crippen molar-refractivity contribution < 1.29 is 8.87 Å². The molecule has 0 saturated carbocycles. The smallest absolute Gasteiger partial charge is 0.200 e. The van der Waals surface area contributed by atoms with Gasteiger partial charge in [-0.25, -0.2) is 0 Å². The van der Waals surface area contributed by atoms with Gasteiger partial charge in [-0.1, -0.05) is 89.8 Å². The summed E-state index contributed by atoms with van der Waals surface area (Å²) in [6.07, 6.45) is 11.1. The van der Waals surface area contributed by atoms with Crippen LogP contribution in [0.4, 0.5) is 25.9 Å². The van der Waals surface area contributed by atoms with Crippen LogP contribution in [0.2, 0.25) is 0 Å². The van der Waals surface area contributed by atoms with Gasteiger partial charge in [0.05, 0.1) is 0 Å². The molecule has 3 aromatic carbocycles. The first kappa shape index (κ1) is 32.5. The molecule has 1 nitrogen and oxygen atoms in total. The minimum Gasteiger partial charge on any atom is -0.200 e. The van der Waals surface area contributed by atoms with Crippen LogP contribution in [-0.2, 0) is 25.7 Å². The Morgan fingerprint density at radius 2 is 0.868 bits per heavy atom. The Morgan fingerprint density at radius 1 is 0.526 bits per heavy atom. The molecule has 3 aromatic rings. The monoisotopic (exact) mass is 626 g/mol. The summed E-state index contributed by atoms with van der Waals surface area (Å²) in [6, 6.07) is 18.3. The largest absolute Gasteiger partial charge is 0.221 e. The molecule has 0 bridgehead atoms. The molecule has 204 valence electrons. The first-order valence-corrected chi connectivity index (χ1v) is 14.6. The van der Waals surface area contributed by atoms with E-state index in [0.717, 1.165) is 75.3 Å². The molecule has 0 unspecified atom stereocenters. The van der Waals surface area contributed by atoms with Gasteiger partial charge in [-0.2, -0.15) is 4.39 Å². The number of benzene rings is 3. The molecule has 0 atom stereocenters. The Labute approximate surface area is 247 Å². The molecule has 4 radical (unpaired) electrons. The maximum atomic E-state index is 18.0. The van der Waals surface area contributed by atoms with E-state index in [1.54, 1.807) is 24.3 Å². The summed E-state index contributed by atoms with van der Waals surface area (Å²) in [5.74, 6) is -0.332. The number of halogens is 2. The van der Waals surface area contributed by atoms with Gasteiger partial charge in [-0.05, 0) is 72.8 Å². The first-order chi connectivity index (χ1) is 18.0. The second-order valence-electron chi connectivity index (χ2n) is 10.3. The van der Waals surface area contributed by atoms with E-state index in [2.05, 4.69) is 27.7 Å². The summed E-state index contributed by atoms with van der Waals surface area (Å²) in [7, 11) is 0. The average Bonchev–Trinajstić information content (AvgIpc) is 2.94. The van der Waals surface area contributed by atoms with Gasteiger partial charge >= 0.3 is 0 Å². The zero-order valence-electron chi connectivity index (χ0n) is 24.0. The van der Waals surface area contributed by atoms with Gasteiger partial charge in [0.1, 0.15) is 0 Å². The van der Waals surface area contributed by atoms with E-state index in [9.17, 15) is 0 Å². The normalized spacial score (nSPS) is 11.4. The Bertz CT molecular complexity index is 1060. The minimum atomic E-state index is -1.14. The van der Waals surface area contributed by atoms with E-state index < -0.39 is 4.71 Å². The van der Waals surface area contributed by atoms with Crippen molar-refractivity contribution in [3.8, 4) is 0 Å². The third-order valence-corrected chi connectivity index (χ3v) is 7.50. The molecule has 0 heterocycles. The zero-order chi connectivity index (χ0) is 26.7. The van der Waals surface area contributed by atoms with Crippen molar-refractivity contribution >= 4 is 41.0 Å². The topological polar surface area (TPSA) is 0 Å². The van der Waals surface area contributed by atoms with Crippen molar-refractivity contribution in [2.45, 2.75) is 105 Å². The summed E-state index contributed by atoms with van der Waals surface area (Å²) in [4.78, 5) is 0. The number of quaternary nitrogens is 1. The fourth-order valence-electron chi connectivity index (χ4n) is 5.46. The minimum absolute atomic E-state index is 0. The summed E-state index contributed by atoms with van der Waals surface area (Å²) >= 11 is 0. The van der Waals surface area contributed by atoms with Gasteiger partial charge in [-0.3, -0.25) is 0 Å². The molecule has 0 saturated heterocycles. The SMILES string of the molecule is CCCCc1c(F)c([N+](F)(c2ccccc2)c2ccccc2)c(CCCC)c(CCCC)c1CCCC.[Sn]. The standard InChI is InChI=1S/C34H46F2N.Sn/c1-5-9-23-29-30(24-10-6-2)32(26-12-8-4)34(33(35)31(29)25-11-7-3)37(36,27-19-15-13-16-20-27)28-21-17-14-18-22-28;/h13-22H,5-12,23-26H2,1-4H3;/q+1;. The molecule has 0 aliphatic rings. The Hall–Kier alpha value is -1.72. The van der Waals surface area contributed by atoms with E-state index in [0.29, 0.717) is 24.2 Å². The molecule has 0 aromatic heterocycles. The van der Waals surface area contributed by atoms with Gasteiger partial charge < -0.3 is 0 Å². The summed E-state index contributed by atoms with van der Waals surface area (Å²) in [6.45, 7) is 8.68. The molecule has 38 heavy (non-hydrogen) atoms. The fourth-order valence-corrected chi connectivity index (χ4v) is 5.46. The molecule has 0 amide bonds. The van der Waals surface area contributed by atoms with E-state index in [-0.39, 0.29) is 35.4 Å². The summed E-state index contributed by atoms with van der Waals surface area (Å²) in [5, 5.41) is 0. The van der Waals surface area contributed by atoms with Gasteiger partial charge in [-0.15, -0.1) is 0 Å². The van der Waals surface area contributed by atoms with Crippen LogP contribution in [0, 0.1) is 5.82 Å². The molecule has 0 aliphatic heterocycles. The molecule has 4 heteroatoms.